The summed E-state index contributed by atoms with van der Waals surface area (Å²) in [4.78, 5) is 6.44. The molecule has 0 aliphatic rings. The Balaban J connectivity index is 2.70. The summed E-state index contributed by atoms with van der Waals surface area (Å²) in [6.45, 7) is 14.3. The highest BCUT2D eigenvalue weighted by molar-refractivity contribution is 8.01. The van der Waals surface area contributed by atoms with Gasteiger partial charge in [-0.25, -0.2) is 4.98 Å². The highest BCUT2D eigenvalue weighted by atomic mass is 32.2. The van der Waals surface area contributed by atoms with Crippen LogP contribution in [-0.4, -0.2) is 10.7 Å². The Morgan fingerprint density at radius 1 is 0.688 bits per heavy atom. The van der Waals surface area contributed by atoms with E-state index in [0.29, 0.717) is 10.8 Å². The maximum Gasteiger partial charge on any atom is 0.150 e. The molecule has 1 aromatic heterocycles. The zero-order valence-electron chi connectivity index (χ0n) is 22.6. The lowest BCUT2D eigenvalue weighted by molar-refractivity contribution is 0.291. The second-order valence-electron chi connectivity index (χ2n) is 10.8. The summed E-state index contributed by atoms with van der Waals surface area (Å²) in [5.41, 5.74) is 0.785. The third kappa shape index (κ3) is 11.9. The van der Waals surface area contributed by atoms with Crippen molar-refractivity contribution in [3.63, 3.8) is 0 Å². The minimum absolute atomic E-state index is 0.322. The maximum atomic E-state index is 4.91. The molecule has 1 rings (SSSR count). The van der Waals surface area contributed by atoms with E-state index >= 15 is 0 Å². The van der Waals surface area contributed by atoms with Crippen molar-refractivity contribution in [1.82, 2.24) is 4.98 Å². The Hall–Kier alpha value is -0.0200. The molecule has 0 N–H and O–H groups in total. The van der Waals surface area contributed by atoms with Crippen LogP contribution in [-0.2, 0) is 5.41 Å². The average molecular weight is 482 g/mol. The number of nitrogens with zero attached hydrogens (tertiary/aromatic N) is 1. The maximum absolute atomic E-state index is 4.91. The molecule has 2 atom stereocenters. The first-order chi connectivity index (χ1) is 15.4. The SMILES string of the molecule is CCCCCCCC(C)(CCCCC)CSc1ncc(C(C)(CCC)CCCCCC)s1. The molecule has 0 radical (unpaired) electrons. The summed E-state index contributed by atoms with van der Waals surface area (Å²) in [5.74, 6) is 1.23. The van der Waals surface area contributed by atoms with Gasteiger partial charge in [0.15, 0.2) is 0 Å². The van der Waals surface area contributed by atoms with Crippen molar-refractivity contribution in [3.05, 3.63) is 11.1 Å². The molecule has 0 saturated carbocycles. The number of rotatable bonds is 21. The van der Waals surface area contributed by atoms with Crippen LogP contribution in [0.25, 0.3) is 0 Å². The van der Waals surface area contributed by atoms with Gasteiger partial charge in [0.05, 0.1) is 0 Å². The van der Waals surface area contributed by atoms with Gasteiger partial charge in [0, 0.05) is 22.2 Å². The molecule has 1 aromatic rings. The third-order valence-electron chi connectivity index (χ3n) is 7.28. The Morgan fingerprint density at radius 2 is 1.22 bits per heavy atom. The van der Waals surface area contributed by atoms with Gasteiger partial charge in [0.2, 0.25) is 0 Å². The monoisotopic (exact) mass is 481 g/mol. The van der Waals surface area contributed by atoms with E-state index in [1.165, 1.54) is 124 Å². The molecule has 0 fully saturated rings. The van der Waals surface area contributed by atoms with Crippen LogP contribution in [0.15, 0.2) is 10.5 Å². The number of hydrogen-bond donors (Lipinski definition) is 0. The van der Waals surface area contributed by atoms with Gasteiger partial charge in [-0.15, -0.1) is 11.3 Å². The van der Waals surface area contributed by atoms with Crippen molar-refractivity contribution in [1.29, 1.82) is 0 Å². The highest BCUT2D eigenvalue weighted by Crippen LogP contribution is 2.42. The first-order valence-corrected chi connectivity index (χ1v) is 15.8. The van der Waals surface area contributed by atoms with Crippen LogP contribution in [0, 0.1) is 5.41 Å². The van der Waals surface area contributed by atoms with Gasteiger partial charge >= 0.3 is 0 Å². The van der Waals surface area contributed by atoms with Crippen molar-refractivity contribution in [2.24, 2.45) is 5.41 Å². The number of aromatic nitrogens is 1. The topological polar surface area (TPSA) is 12.9 Å². The van der Waals surface area contributed by atoms with E-state index in [9.17, 15) is 0 Å². The molecule has 3 heteroatoms. The molecule has 2 unspecified atom stereocenters. The standard InChI is InChI=1S/C29H55NS2/c1-7-11-14-16-18-22-28(5,21-17-13-9-3)25-31-27-30-24-26(32-27)29(6,20-10-4)23-19-15-12-8-2/h24H,7-23,25H2,1-6H3. The molecule has 32 heavy (non-hydrogen) atoms. The lowest BCUT2D eigenvalue weighted by atomic mass is 9.79. The molecular formula is C29H55NS2. The minimum Gasteiger partial charge on any atom is -0.238 e. The fraction of sp³-hybridized carbons (Fsp3) is 0.897. The molecule has 1 nitrogen and oxygen atoms in total. The molecule has 0 aromatic carbocycles. The Bertz CT molecular complexity index is 569. The third-order valence-corrected chi connectivity index (χ3v) is 10.2. The van der Waals surface area contributed by atoms with Crippen LogP contribution in [0.1, 0.15) is 156 Å². The predicted molar refractivity (Wildman–Crippen MR) is 149 cm³/mol. The van der Waals surface area contributed by atoms with Crippen LogP contribution >= 0.6 is 23.1 Å². The lowest BCUT2D eigenvalue weighted by Crippen LogP contribution is -2.20. The fourth-order valence-electron chi connectivity index (χ4n) is 4.93. The van der Waals surface area contributed by atoms with Gasteiger partial charge in [-0.2, -0.15) is 0 Å². The largest absolute Gasteiger partial charge is 0.238 e. The van der Waals surface area contributed by atoms with Crippen LogP contribution in [0.5, 0.6) is 0 Å². The van der Waals surface area contributed by atoms with Gasteiger partial charge in [0.25, 0.3) is 0 Å². The molecule has 0 bridgehead atoms. The van der Waals surface area contributed by atoms with E-state index in [-0.39, 0.29) is 0 Å². The molecule has 1 heterocycles. The van der Waals surface area contributed by atoms with Crippen LogP contribution in [0.3, 0.4) is 0 Å². The Labute approximate surface area is 210 Å². The number of thiazole rings is 1. The summed E-state index contributed by atoms with van der Waals surface area (Å²) in [7, 11) is 0. The van der Waals surface area contributed by atoms with Crippen LogP contribution < -0.4 is 0 Å². The minimum atomic E-state index is 0.322. The lowest BCUT2D eigenvalue weighted by Gasteiger charge is -2.29. The van der Waals surface area contributed by atoms with Crippen molar-refractivity contribution in [2.75, 3.05) is 5.75 Å². The Morgan fingerprint density at radius 3 is 1.84 bits per heavy atom. The fourth-order valence-corrected chi connectivity index (χ4v) is 7.35. The highest BCUT2D eigenvalue weighted by Gasteiger charge is 2.29. The van der Waals surface area contributed by atoms with Crippen molar-refractivity contribution < 1.29 is 0 Å². The van der Waals surface area contributed by atoms with E-state index < -0.39 is 0 Å². The normalized spacial score (nSPS) is 15.6. The number of hydrogen-bond acceptors (Lipinski definition) is 3. The van der Waals surface area contributed by atoms with Gasteiger partial charge < -0.3 is 0 Å². The first-order valence-electron chi connectivity index (χ1n) is 14.0. The van der Waals surface area contributed by atoms with E-state index in [2.05, 4.69) is 47.7 Å². The summed E-state index contributed by atoms with van der Waals surface area (Å²) in [6.07, 6.45) is 25.4. The predicted octanol–water partition coefficient (Wildman–Crippen LogP) is 11.2. The molecule has 0 aliphatic carbocycles. The summed E-state index contributed by atoms with van der Waals surface area (Å²) < 4.78 is 1.31. The van der Waals surface area contributed by atoms with Crippen molar-refractivity contribution in [3.8, 4) is 0 Å². The van der Waals surface area contributed by atoms with Crippen molar-refractivity contribution >= 4 is 23.1 Å². The summed E-state index contributed by atoms with van der Waals surface area (Å²) >= 11 is 4.05. The molecule has 0 spiro atoms. The smallest absolute Gasteiger partial charge is 0.150 e. The van der Waals surface area contributed by atoms with Gasteiger partial charge in [-0.3, -0.25) is 0 Å². The zero-order chi connectivity index (χ0) is 23.7. The van der Waals surface area contributed by atoms with Gasteiger partial charge in [-0.05, 0) is 31.1 Å². The van der Waals surface area contributed by atoms with Crippen LogP contribution in [0.4, 0.5) is 0 Å². The summed E-state index contributed by atoms with van der Waals surface area (Å²) in [6, 6.07) is 0. The zero-order valence-corrected chi connectivity index (χ0v) is 24.2. The van der Waals surface area contributed by atoms with Gasteiger partial charge in [-0.1, -0.05) is 137 Å². The molecule has 188 valence electrons. The molecule has 0 saturated heterocycles. The second kappa shape index (κ2) is 17.4. The Kier molecular flexibility index (Phi) is 16.3. The summed E-state index contributed by atoms with van der Waals surface area (Å²) in [5, 5.41) is 0. The van der Waals surface area contributed by atoms with Crippen LogP contribution in [0.2, 0.25) is 0 Å². The van der Waals surface area contributed by atoms with E-state index in [0.717, 1.165) is 0 Å². The quantitative estimate of drug-likeness (QED) is 0.128. The second-order valence-corrected chi connectivity index (χ2v) is 13.1. The molecule has 0 aliphatic heterocycles. The number of thioether (sulfide) groups is 1. The average Bonchev–Trinajstić information content (AvgIpc) is 3.26. The van der Waals surface area contributed by atoms with E-state index in [1.807, 2.05) is 23.1 Å². The van der Waals surface area contributed by atoms with E-state index in [4.69, 9.17) is 4.98 Å². The molecular weight excluding hydrogens is 426 g/mol. The molecule has 0 amide bonds. The number of unbranched alkanes of at least 4 members (excludes halogenated alkanes) is 9. The van der Waals surface area contributed by atoms with Crippen molar-refractivity contribution in [2.45, 2.75) is 160 Å². The first kappa shape index (κ1) is 30.0. The van der Waals surface area contributed by atoms with Gasteiger partial charge in [0.1, 0.15) is 4.34 Å². The van der Waals surface area contributed by atoms with E-state index in [1.54, 1.807) is 0 Å².